The van der Waals surface area contributed by atoms with Crippen LogP contribution in [0.5, 0.6) is 0 Å². The topological polar surface area (TPSA) is 61.4 Å². The highest BCUT2D eigenvalue weighted by Crippen LogP contribution is 2.31. The fraction of sp³-hybridized carbons (Fsp3) is 0.571. The molecule has 0 saturated carbocycles. The van der Waals surface area contributed by atoms with Gasteiger partial charge in [0.15, 0.2) is 0 Å². The van der Waals surface area contributed by atoms with Crippen molar-refractivity contribution in [3.8, 4) is 0 Å². The van der Waals surface area contributed by atoms with E-state index in [0.717, 1.165) is 31.6 Å². The summed E-state index contributed by atoms with van der Waals surface area (Å²) in [5.74, 6) is 0. The Morgan fingerprint density at radius 3 is 2.80 bits per heavy atom. The van der Waals surface area contributed by atoms with Crippen molar-refractivity contribution in [2.24, 2.45) is 0 Å². The largest absolute Gasteiger partial charge is 0.366 e. The Morgan fingerprint density at radius 1 is 1.35 bits per heavy atom. The summed E-state index contributed by atoms with van der Waals surface area (Å²) in [5.41, 5.74) is 0.811. The molecule has 0 amide bonds. The SMILES string of the molecule is CCNS(=O)(=O)c1ccccc1N1CCCC1CNC. The van der Waals surface area contributed by atoms with Crippen molar-refractivity contribution in [2.75, 3.05) is 31.6 Å². The summed E-state index contributed by atoms with van der Waals surface area (Å²) in [6.45, 7) is 3.97. The van der Waals surface area contributed by atoms with Crippen molar-refractivity contribution in [1.82, 2.24) is 10.0 Å². The van der Waals surface area contributed by atoms with E-state index in [9.17, 15) is 8.42 Å². The summed E-state index contributed by atoms with van der Waals surface area (Å²) < 4.78 is 27.2. The summed E-state index contributed by atoms with van der Waals surface area (Å²) in [6.07, 6.45) is 2.19. The van der Waals surface area contributed by atoms with Crippen LogP contribution in [0.1, 0.15) is 19.8 Å². The number of hydrogen-bond acceptors (Lipinski definition) is 4. The second kappa shape index (κ2) is 6.56. The van der Waals surface area contributed by atoms with Crippen molar-refractivity contribution < 1.29 is 8.42 Å². The minimum Gasteiger partial charge on any atom is -0.366 e. The molecule has 1 saturated heterocycles. The van der Waals surface area contributed by atoms with Gasteiger partial charge in [-0.2, -0.15) is 0 Å². The standard InChI is InChI=1S/C14H23N3O2S/c1-3-16-20(18,19)14-9-5-4-8-13(14)17-10-6-7-12(17)11-15-2/h4-5,8-9,12,15-16H,3,6-7,10-11H2,1-2H3. The molecule has 6 heteroatoms. The summed E-state index contributed by atoms with van der Waals surface area (Å²) >= 11 is 0. The maximum Gasteiger partial charge on any atom is 0.242 e. The molecule has 1 atom stereocenters. The van der Waals surface area contributed by atoms with Gasteiger partial charge in [-0.25, -0.2) is 13.1 Å². The minimum atomic E-state index is -3.43. The fourth-order valence-corrected chi connectivity index (χ4v) is 4.04. The number of hydrogen-bond donors (Lipinski definition) is 2. The van der Waals surface area contributed by atoms with Crippen molar-refractivity contribution >= 4 is 15.7 Å². The molecule has 1 aromatic rings. The van der Waals surface area contributed by atoms with Gasteiger partial charge in [0.05, 0.1) is 5.69 Å². The van der Waals surface area contributed by atoms with Crippen LogP contribution in [0.15, 0.2) is 29.2 Å². The monoisotopic (exact) mass is 297 g/mol. The van der Waals surface area contributed by atoms with Crippen molar-refractivity contribution in [2.45, 2.75) is 30.7 Å². The number of rotatable bonds is 6. The van der Waals surface area contributed by atoms with Crippen molar-refractivity contribution in [1.29, 1.82) is 0 Å². The van der Waals surface area contributed by atoms with Gasteiger partial charge in [0.25, 0.3) is 0 Å². The lowest BCUT2D eigenvalue weighted by Gasteiger charge is -2.28. The molecule has 1 heterocycles. The van der Waals surface area contributed by atoms with E-state index in [-0.39, 0.29) is 0 Å². The molecular formula is C14H23N3O2S. The molecule has 20 heavy (non-hydrogen) atoms. The first kappa shape index (κ1) is 15.3. The lowest BCUT2D eigenvalue weighted by atomic mass is 10.2. The van der Waals surface area contributed by atoms with Gasteiger partial charge in [-0.05, 0) is 32.0 Å². The minimum absolute atomic E-state index is 0.359. The molecule has 0 radical (unpaired) electrons. The van der Waals surface area contributed by atoms with Gasteiger partial charge in [-0.1, -0.05) is 19.1 Å². The zero-order valence-electron chi connectivity index (χ0n) is 12.1. The zero-order valence-corrected chi connectivity index (χ0v) is 12.9. The third-order valence-electron chi connectivity index (χ3n) is 3.62. The number of benzene rings is 1. The van der Waals surface area contributed by atoms with E-state index < -0.39 is 10.0 Å². The molecule has 112 valence electrons. The number of anilines is 1. The maximum absolute atomic E-state index is 12.3. The van der Waals surface area contributed by atoms with Gasteiger partial charge in [-0.3, -0.25) is 0 Å². The van der Waals surface area contributed by atoms with E-state index in [1.165, 1.54) is 0 Å². The Kier molecular flexibility index (Phi) is 5.01. The third-order valence-corrected chi connectivity index (χ3v) is 5.21. The molecule has 0 bridgehead atoms. The van der Waals surface area contributed by atoms with Crippen LogP contribution in [0.4, 0.5) is 5.69 Å². The maximum atomic E-state index is 12.3. The van der Waals surface area contributed by atoms with E-state index in [2.05, 4.69) is 14.9 Å². The van der Waals surface area contributed by atoms with Crippen LogP contribution in [-0.2, 0) is 10.0 Å². The highest BCUT2D eigenvalue weighted by molar-refractivity contribution is 7.89. The van der Waals surface area contributed by atoms with Crippen LogP contribution >= 0.6 is 0 Å². The third kappa shape index (κ3) is 3.13. The molecule has 1 aliphatic rings. The number of para-hydroxylation sites is 1. The molecule has 5 nitrogen and oxygen atoms in total. The van der Waals surface area contributed by atoms with Gasteiger partial charge in [-0.15, -0.1) is 0 Å². The van der Waals surface area contributed by atoms with Crippen LogP contribution in [0, 0.1) is 0 Å². The number of nitrogens with one attached hydrogen (secondary N) is 2. The lowest BCUT2D eigenvalue weighted by Crippen LogP contribution is -2.38. The second-order valence-electron chi connectivity index (χ2n) is 5.02. The predicted molar refractivity (Wildman–Crippen MR) is 81.6 cm³/mol. The summed E-state index contributed by atoms with van der Waals surface area (Å²) in [6, 6.07) is 7.62. The molecular weight excluding hydrogens is 274 g/mol. The molecule has 1 fully saturated rings. The molecule has 0 spiro atoms. The fourth-order valence-electron chi connectivity index (χ4n) is 2.79. The molecule has 2 N–H and O–H groups in total. The Morgan fingerprint density at radius 2 is 2.10 bits per heavy atom. The number of likely N-dealkylation sites (N-methyl/N-ethyl adjacent to an activating group) is 1. The molecule has 1 aromatic carbocycles. The normalized spacial score (nSPS) is 19.5. The van der Waals surface area contributed by atoms with Crippen LogP contribution in [0.25, 0.3) is 0 Å². The first-order valence-electron chi connectivity index (χ1n) is 7.10. The van der Waals surface area contributed by atoms with Gasteiger partial charge >= 0.3 is 0 Å². The van der Waals surface area contributed by atoms with Gasteiger partial charge < -0.3 is 10.2 Å². The Labute approximate surface area is 121 Å². The van der Waals surface area contributed by atoms with Crippen LogP contribution < -0.4 is 14.9 Å². The second-order valence-corrected chi connectivity index (χ2v) is 6.75. The van der Waals surface area contributed by atoms with Crippen molar-refractivity contribution in [3.63, 3.8) is 0 Å². The van der Waals surface area contributed by atoms with Crippen LogP contribution in [-0.4, -0.2) is 41.1 Å². The van der Waals surface area contributed by atoms with E-state index in [4.69, 9.17) is 0 Å². The molecule has 0 aliphatic carbocycles. The van der Waals surface area contributed by atoms with Gasteiger partial charge in [0, 0.05) is 25.7 Å². The smallest absolute Gasteiger partial charge is 0.242 e. The van der Waals surface area contributed by atoms with E-state index >= 15 is 0 Å². The highest BCUT2D eigenvalue weighted by atomic mass is 32.2. The quantitative estimate of drug-likeness (QED) is 0.827. The lowest BCUT2D eigenvalue weighted by molar-refractivity contribution is 0.581. The average molecular weight is 297 g/mol. The summed E-state index contributed by atoms with van der Waals surface area (Å²) in [7, 11) is -1.50. The molecule has 0 aromatic heterocycles. The van der Waals surface area contributed by atoms with Crippen LogP contribution in [0.2, 0.25) is 0 Å². The van der Waals surface area contributed by atoms with Crippen molar-refractivity contribution in [3.05, 3.63) is 24.3 Å². The van der Waals surface area contributed by atoms with Crippen LogP contribution in [0.3, 0.4) is 0 Å². The molecule has 2 rings (SSSR count). The Hall–Kier alpha value is -1.11. The highest BCUT2D eigenvalue weighted by Gasteiger charge is 2.28. The van der Waals surface area contributed by atoms with E-state index in [0.29, 0.717) is 17.5 Å². The number of sulfonamides is 1. The Bertz CT molecular complexity index is 545. The average Bonchev–Trinajstić information content (AvgIpc) is 2.87. The van der Waals surface area contributed by atoms with Gasteiger partial charge in [0.1, 0.15) is 4.90 Å². The van der Waals surface area contributed by atoms with Gasteiger partial charge in [0.2, 0.25) is 10.0 Å². The zero-order chi connectivity index (χ0) is 14.6. The van der Waals surface area contributed by atoms with E-state index in [1.807, 2.05) is 19.2 Å². The summed E-state index contributed by atoms with van der Waals surface area (Å²) in [4.78, 5) is 2.59. The molecule has 1 unspecified atom stereocenters. The van der Waals surface area contributed by atoms with E-state index in [1.54, 1.807) is 19.1 Å². The first-order valence-corrected chi connectivity index (χ1v) is 8.58. The number of nitrogens with zero attached hydrogens (tertiary/aromatic N) is 1. The first-order chi connectivity index (χ1) is 9.60. The Balaban J connectivity index is 2.37. The predicted octanol–water partition coefficient (Wildman–Crippen LogP) is 1.17. The molecule has 1 aliphatic heterocycles. The summed E-state index contributed by atoms with van der Waals surface area (Å²) in [5, 5.41) is 3.19.